The molecule has 4 rings (SSSR count). The Bertz CT molecular complexity index is 1230. The van der Waals surface area contributed by atoms with E-state index in [1.165, 1.54) is 21.1 Å². The maximum atomic E-state index is 11.6. The molecule has 3 N–H and O–H groups in total. The molecule has 2 aromatic carbocycles. The summed E-state index contributed by atoms with van der Waals surface area (Å²) in [6.07, 6.45) is 0. The minimum absolute atomic E-state index is 0.0434. The van der Waals surface area contributed by atoms with E-state index < -0.39 is 11.9 Å². The van der Waals surface area contributed by atoms with Gasteiger partial charge in [-0.3, -0.25) is 9.89 Å². The number of carbonyl (C=O) groups is 1. The molecule has 2 heterocycles. The Morgan fingerprint density at radius 1 is 1.19 bits per heavy atom. The highest BCUT2D eigenvalue weighted by Gasteiger charge is 2.36. The van der Waals surface area contributed by atoms with Gasteiger partial charge in [0.25, 0.3) is 0 Å². The lowest BCUT2D eigenvalue weighted by molar-refractivity contribution is -0.132. The number of nitrogens with zero attached hydrogens (tertiary/aromatic N) is 2. The standard InChI is InChI=1S/C23H20N4O5/c1-12(28)31-21-16(29-2)9-14(10-17(21)30-3)18-15(11-24)22(25)32-23-19(18)20(26-27-23)13-7-5-4-6-8-13/h4-10,18H,25H2,1-3H3,(H,26,27)/t18-/m0/s1. The number of esters is 1. The van der Waals surface area contributed by atoms with Crippen molar-refractivity contribution in [2.75, 3.05) is 14.2 Å². The first-order valence-corrected chi connectivity index (χ1v) is 9.64. The topological polar surface area (TPSA) is 132 Å². The number of nitrogens with two attached hydrogens (primary N) is 1. The van der Waals surface area contributed by atoms with Gasteiger partial charge in [-0.05, 0) is 23.3 Å². The highest BCUT2D eigenvalue weighted by atomic mass is 16.6. The molecule has 1 atom stereocenters. The van der Waals surface area contributed by atoms with Crippen LogP contribution in [-0.4, -0.2) is 30.4 Å². The number of aromatic amines is 1. The number of ether oxygens (including phenoxy) is 4. The van der Waals surface area contributed by atoms with Crippen LogP contribution in [0.25, 0.3) is 11.3 Å². The van der Waals surface area contributed by atoms with Crippen LogP contribution in [0, 0.1) is 11.3 Å². The molecule has 1 aliphatic heterocycles. The highest BCUT2D eigenvalue weighted by Crippen LogP contribution is 2.49. The molecule has 3 aromatic rings. The van der Waals surface area contributed by atoms with Crippen molar-refractivity contribution in [2.24, 2.45) is 5.73 Å². The average molecular weight is 432 g/mol. The van der Waals surface area contributed by atoms with Gasteiger partial charge in [-0.2, -0.15) is 5.26 Å². The van der Waals surface area contributed by atoms with E-state index >= 15 is 0 Å². The van der Waals surface area contributed by atoms with Crippen LogP contribution in [0.4, 0.5) is 0 Å². The smallest absolute Gasteiger partial charge is 0.308 e. The molecule has 0 saturated carbocycles. The second kappa shape index (κ2) is 8.35. The summed E-state index contributed by atoms with van der Waals surface area (Å²) in [7, 11) is 2.90. The second-order valence-electron chi connectivity index (χ2n) is 6.96. The van der Waals surface area contributed by atoms with Crippen LogP contribution in [0.15, 0.2) is 53.9 Å². The number of hydrogen-bond acceptors (Lipinski definition) is 8. The molecule has 0 spiro atoms. The zero-order valence-electron chi connectivity index (χ0n) is 17.6. The summed E-state index contributed by atoms with van der Waals surface area (Å²) in [6.45, 7) is 1.28. The Hall–Kier alpha value is -4.45. The molecule has 1 aromatic heterocycles. The van der Waals surface area contributed by atoms with Crippen LogP contribution in [-0.2, 0) is 4.79 Å². The Labute approximate surface area is 184 Å². The number of methoxy groups -OCH3 is 2. The van der Waals surface area contributed by atoms with E-state index in [1.54, 1.807) is 12.1 Å². The van der Waals surface area contributed by atoms with Crippen LogP contribution < -0.4 is 24.7 Å². The number of nitrogens with one attached hydrogen (secondary N) is 1. The predicted octanol–water partition coefficient (Wildman–Crippen LogP) is 3.24. The van der Waals surface area contributed by atoms with Gasteiger partial charge in [0.1, 0.15) is 11.6 Å². The highest BCUT2D eigenvalue weighted by molar-refractivity contribution is 5.74. The fraction of sp³-hybridized carbons (Fsp3) is 0.174. The van der Waals surface area contributed by atoms with Gasteiger partial charge in [-0.25, -0.2) is 0 Å². The first-order chi connectivity index (χ1) is 15.5. The third-order valence-electron chi connectivity index (χ3n) is 5.06. The van der Waals surface area contributed by atoms with E-state index in [-0.39, 0.29) is 34.6 Å². The number of hydrogen-bond donors (Lipinski definition) is 2. The Kier molecular flexibility index (Phi) is 5.43. The molecule has 0 radical (unpaired) electrons. The lowest BCUT2D eigenvalue weighted by atomic mass is 9.82. The summed E-state index contributed by atoms with van der Waals surface area (Å²) in [5, 5.41) is 17.2. The zero-order chi connectivity index (χ0) is 22.8. The van der Waals surface area contributed by atoms with Crippen LogP contribution in [0.5, 0.6) is 23.1 Å². The molecule has 1 aliphatic rings. The number of rotatable bonds is 5. The van der Waals surface area contributed by atoms with Crippen molar-refractivity contribution in [1.29, 1.82) is 5.26 Å². The number of allylic oxidation sites excluding steroid dienone is 1. The van der Waals surface area contributed by atoms with Crippen molar-refractivity contribution in [3.05, 3.63) is 65.0 Å². The summed E-state index contributed by atoms with van der Waals surface area (Å²) in [4.78, 5) is 11.6. The monoisotopic (exact) mass is 432 g/mol. The van der Waals surface area contributed by atoms with E-state index in [0.717, 1.165) is 5.56 Å². The summed E-state index contributed by atoms with van der Waals surface area (Å²) in [5.74, 6) is -0.251. The third kappa shape index (κ3) is 3.48. The fourth-order valence-electron chi connectivity index (χ4n) is 3.71. The van der Waals surface area contributed by atoms with Crippen molar-refractivity contribution in [1.82, 2.24) is 10.2 Å². The molecule has 9 nitrogen and oxygen atoms in total. The molecule has 0 fully saturated rings. The lowest BCUT2D eigenvalue weighted by Crippen LogP contribution is -2.21. The molecular weight excluding hydrogens is 412 g/mol. The molecule has 0 bridgehead atoms. The first kappa shape index (κ1) is 20.8. The number of H-pyrrole nitrogens is 1. The first-order valence-electron chi connectivity index (χ1n) is 9.64. The zero-order valence-corrected chi connectivity index (χ0v) is 17.6. The number of carbonyl (C=O) groups excluding carboxylic acids is 1. The normalized spacial score (nSPS) is 14.8. The molecular formula is C23H20N4O5. The van der Waals surface area contributed by atoms with Gasteiger partial charge in [0, 0.05) is 6.92 Å². The van der Waals surface area contributed by atoms with Gasteiger partial charge < -0.3 is 24.7 Å². The van der Waals surface area contributed by atoms with Crippen LogP contribution in [0.1, 0.15) is 24.0 Å². The van der Waals surface area contributed by atoms with E-state index in [1.807, 2.05) is 30.3 Å². The summed E-state index contributed by atoms with van der Waals surface area (Å²) in [6, 6.07) is 15.0. The largest absolute Gasteiger partial charge is 0.493 e. The second-order valence-corrected chi connectivity index (χ2v) is 6.96. The van der Waals surface area contributed by atoms with Gasteiger partial charge >= 0.3 is 5.97 Å². The van der Waals surface area contributed by atoms with Crippen molar-refractivity contribution in [3.8, 4) is 40.5 Å². The molecule has 162 valence electrons. The van der Waals surface area contributed by atoms with Gasteiger partial charge in [0.2, 0.25) is 17.5 Å². The van der Waals surface area contributed by atoms with Gasteiger partial charge in [0.05, 0.1) is 31.4 Å². The maximum absolute atomic E-state index is 11.6. The van der Waals surface area contributed by atoms with Gasteiger partial charge in [-0.1, -0.05) is 30.3 Å². The minimum Gasteiger partial charge on any atom is -0.493 e. The van der Waals surface area contributed by atoms with Crippen molar-refractivity contribution < 1.29 is 23.7 Å². The Morgan fingerprint density at radius 2 is 1.84 bits per heavy atom. The van der Waals surface area contributed by atoms with Gasteiger partial charge in [-0.15, -0.1) is 5.10 Å². The van der Waals surface area contributed by atoms with Crippen molar-refractivity contribution in [3.63, 3.8) is 0 Å². The Morgan fingerprint density at radius 3 is 2.41 bits per heavy atom. The molecule has 0 saturated heterocycles. The molecule has 0 aliphatic carbocycles. The summed E-state index contributed by atoms with van der Waals surface area (Å²) < 4.78 is 21.8. The third-order valence-corrected chi connectivity index (χ3v) is 5.06. The number of nitriles is 1. The minimum atomic E-state index is -0.633. The van der Waals surface area contributed by atoms with Crippen LogP contribution >= 0.6 is 0 Å². The number of fused-ring (bicyclic) bond motifs is 1. The molecule has 32 heavy (non-hydrogen) atoms. The number of aromatic nitrogens is 2. The van der Waals surface area contributed by atoms with E-state index in [4.69, 9.17) is 24.7 Å². The van der Waals surface area contributed by atoms with Crippen molar-refractivity contribution >= 4 is 5.97 Å². The lowest BCUT2D eigenvalue weighted by Gasteiger charge is -2.25. The predicted molar refractivity (Wildman–Crippen MR) is 114 cm³/mol. The van der Waals surface area contributed by atoms with Crippen molar-refractivity contribution in [2.45, 2.75) is 12.8 Å². The average Bonchev–Trinajstić information content (AvgIpc) is 3.21. The van der Waals surface area contributed by atoms with Crippen LogP contribution in [0.3, 0.4) is 0 Å². The summed E-state index contributed by atoms with van der Waals surface area (Å²) >= 11 is 0. The van der Waals surface area contributed by atoms with E-state index in [2.05, 4.69) is 16.3 Å². The van der Waals surface area contributed by atoms with E-state index in [9.17, 15) is 10.1 Å². The Balaban J connectivity index is 1.97. The van der Waals surface area contributed by atoms with Gasteiger partial charge in [0.15, 0.2) is 11.5 Å². The number of benzene rings is 2. The molecule has 0 unspecified atom stereocenters. The SMILES string of the molecule is COc1cc([C@H]2C(C#N)=C(N)Oc3n[nH]c(-c4ccccc4)c32)cc(OC)c1OC(C)=O. The maximum Gasteiger partial charge on any atom is 0.308 e. The molecule has 0 amide bonds. The van der Waals surface area contributed by atoms with Crippen LogP contribution in [0.2, 0.25) is 0 Å². The quantitative estimate of drug-likeness (QED) is 0.464. The molecule has 9 heteroatoms. The van der Waals surface area contributed by atoms with E-state index in [0.29, 0.717) is 16.8 Å². The fourth-order valence-corrected chi connectivity index (χ4v) is 3.71. The summed E-state index contributed by atoms with van der Waals surface area (Å²) in [5.41, 5.74) is 9.09.